The van der Waals surface area contributed by atoms with E-state index in [9.17, 15) is 4.79 Å². The second-order valence-corrected chi connectivity index (χ2v) is 3.46. The fraction of sp³-hybridized carbons (Fsp3) is 0.556. The van der Waals surface area contributed by atoms with Crippen LogP contribution in [0.15, 0.2) is 4.52 Å². The van der Waals surface area contributed by atoms with Crippen LogP contribution in [0.4, 0.5) is 5.88 Å². The number of carboxylic acid groups (broad SMARTS) is 1. The van der Waals surface area contributed by atoms with E-state index in [0.717, 1.165) is 5.56 Å². The number of carbonyl (C=O) groups is 1. The number of aliphatic carboxylic acids is 1. The first-order valence-corrected chi connectivity index (χ1v) is 4.48. The summed E-state index contributed by atoms with van der Waals surface area (Å²) in [4.78, 5) is 10.4. The molecule has 0 aliphatic rings. The Balaban J connectivity index is 2.81. The van der Waals surface area contributed by atoms with Gasteiger partial charge in [-0.15, -0.1) is 0 Å². The summed E-state index contributed by atoms with van der Waals surface area (Å²) in [6, 6.07) is 0. The quantitative estimate of drug-likeness (QED) is 0.763. The van der Waals surface area contributed by atoms with Crippen LogP contribution >= 0.6 is 0 Å². The van der Waals surface area contributed by atoms with Crippen molar-refractivity contribution < 1.29 is 14.4 Å². The van der Waals surface area contributed by atoms with Crippen LogP contribution in [-0.4, -0.2) is 16.2 Å². The molecule has 0 atom stereocenters. The average Bonchev–Trinajstić information content (AvgIpc) is 2.43. The number of nitrogens with two attached hydrogens (primary N) is 1. The number of nitrogens with zero attached hydrogens (tertiary/aromatic N) is 1. The van der Waals surface area contributed by atoms with Gasteiger partial charge in [0.25, 0.3) is 0 Å². The SMILES string of the molecule is CC(C)c1c(CCC(=O)O)noc1N. The molecule has 0 aliphatic heterocycles. The van der Waals surface area contributed by atoms with Crippen LogP contribution in [0, 0.1) is 0 Å². The number of hydrogen-bond acceptors (Lipinski definition) is 4. The summed E-state index contributed by atoms with van der Waals surface area (Å²) in [5.41, 5.74) is 7.05. The molecule has 14 heavy (non-hydrogen) atoms. The molecule has 1 rings (SSSR count). The largest absolute Gasteiger partial charge is 0.481 e. The van der Waals surface area contributed by atoms with E-state index in [1.54, 1.807) is 0 Å². The van der Waals surface area contributed by atoms with Crippen molar-refractivity contribution in [3.05, 3.63) is 11.3 Å². The van der Waals surface area contributed by atoms with Crippen LogP contribution < -0.4 is 5.73 Å². The summed E-state index contributed by atoms with van der Waals surface area (Å²) < 4.78 is 4.82. The highest BCUT2D eigenvalue weighted by Crippen LogP contribution is 2.26. The van der Waals surface area contributed by atoms with Gasteiger partial charge < -0.3 is 15.4 Å². The zero-order valence-electron chi connectivity index (χ0n) is 8.28. The Morgan fingerprint density at radius 1 is 1.64 bits per heavy atom. The third-order valence-corrected chi connectivity index (χ3v) is 1.98. The molecule has 1 heterocycles. The lowest BCUT2D eigenvalue weighted by molar-refractivity contribution is -0.136. The smallest absolute Gasteiger partial charge is 0.303 e. The molecule has 78 valence electrons. The molecule has 5 nitrogen and oxygen atoms in total. The maximum atomic E-state index is 10.4. The summed E-state index contributed by atoms with van der Waals surface area (Å²) in [6.45, 7) is 3.93. The van der Waals surface area contributed by atoms with E-state index in [0.29, 0.717) is 18.0 Å². The molecule has 1 aromatic rings. The van der Waals surface area contributed by atoms with E-state index >= 15 is 0 Å². The Morgan fingerprint density at radius 3 is 2.79 bits per heavy atom. The molecule has 0 radical (unpaired) electrons. The number of nitrogen functional groups attached to an aromatic ring is 1. The Hall–Kier alpha value is -1.52. The number of hydrogen-bond donors (Lipinski definition) is 2. The molecule has 0 aromatic carbocycles. The van der Waals surface area contributed by atoms with E-state index in [1.807, 2.05) is 13.8 Å². The molecule has 0 spiro atoms. The fourth-order valence-electron chi connectivity index (χ4n) is 1.37. The zero-order valence-corrected chi connectivity index (χ0v) is 8.28. The molecular formula is C9H14N2O3. The van der Waals surface area contributed by atoms with Crippen molar-refractivity contribution >= 4 is 11.9 Å². The van der Waals surface area contributed by atoms with Crippen LogP contribution in [0.1, 0.15) is 37.4 Å². The standard InChI is InChI=1S/C9H14N2O3/c1-5(2)8-6(3-4-7(12)13)11-14-9(8)10/h5H,3-4,10H2,1-2H3,(H,12,13). The highest BCUT2D eigenvalue weighted by molar-refractivity contribution is 5.67. The predicted molar refractivity (Wildman–Crippen MR) is 51.0 cm³/mol. The Kier molecular flexibility index (Phi) is 3.11. The summed E-state index contributed by atoms with van der Waals surface area (Å²) in [5, 5.41) is 12.3. The van der Waals surface area contributed by atoms with Gasteiger partial charge in [-0.2, -0.15) is 0 Å². The van der Waals surface area contributed by atoms with E-state index in [-0.39, 0.29) is 12.3 Å². The summed E-state index contributed by atoms with van der Waals surface area (Å²) >= 11 is 0. The first kappa shape index (κ1) is 10.6. The van der Waals surface area contributed by atoms with Crippen molar-refractivity contribution in [2.75, 3.05) is 5.73 Å². The first-order chi connectivity index (χ1) is 6.52. The maximum Gasteiger partial charge on any atom is 0.303 e. The summed E-state index contributed by atoms with van der Waals surface area (Å²) in [6.07, 6.45) is 0.412. The molecule has 0 amide bonds. The predicted octanol–water partition coefficient (Wildman–Crippen LogP) is 1.40. The van der Waals surface area contributed by atoms with E-state index in [2.05, 4.69) is 5.16 Å². The molecule has 0 unspecified atom stereocenters. The third kappa shape index (κ3) is 2.25. The van der Waals surface area contributed by atoms with Crippen molar-refractivity contribution in [3.63, 3.8) is 0 Å². The van der Waals surface area contributed by atoms with Crippen molar-refractivity contribution in [1.82, 2.24) is 5.16 Å². The van der Waals surface area contributed by atoms with Gasteiger partial charge in [0.2, 0.25) is 5.88 Å². The highest BCUT2D eigenvalue weighted by atomic mass is 16.5. The number of aryl methyl sites for hydroxylation is 1. The van der Waals surface area contributed by atoms with Crippen molar-refractivity contribution in [2.45, 2.75) is 32.6 Å². The summed E-state index contributed by atoms with van der Waals surface area (Å²) in [7, 11) is 0. The van der Waals surface area contributed by atoms with Crippen LogP contribution in [0.2, 0.25) is 0 Å². The Morgan fingerprint density at radius 2 is 2.29 bits per heavy atom. The van der Waals surface area contributed by atoms with Gasteiger partial charge >= 0.3 is 5.97 Å². The van der Waals surface area contributed by atoms with Crippen LogP contribution in [-0.2, 0) is 11.2 Å². The molecule has 5 heteroatoms. The zero-order chi connectivity index (χ0) is 10.7. The molecule has 0 saturated carbocycles. The molecule has 0 aliphatic carbocycles. The van der Waals surface area contributed by atoms with Gasteiger partial charge in [0.05, 0.1) is 12.1 Å². The van der Waals surface area contributed by atoms with E-state index in [4.69, 9.17) is 15.4 Å². The first-order valence-electron chi connectivity index (χ1n) is 4.48. The van der Waals surface area contributed by atoms with Crippen molar-refractivity contribution in [1.29, 1.82) is 0 Å². The lowest BCUT2D eigenvalue weighted by Gasteiger charge is -2.03. The van der Waals surface area contributed by atoms with Gasteiger partial charge in [-0.25, -0.2) is 0 Å². The molecule has 3 N–H and O–H groups in total. The van der Waals surface area contributed by atoms with E-state index in [1.165, 1.54) is 0 Å². The van der Waals surface area contributed by atoms with Gasteiger partial charge in [0.1, 0.15) is 0 Å². The van der Waals surface area contributed by atoms with Crippen molar-refractivity contribution in [3.8, 4) is 0 Å². The van der Waals surface area contributed by atoms with Gasteiger partial charge in [0.15, 0.2) is 0 Å². The molecule has 0 fully saturated rings. The number of aromatic nitrogens is 1. The topological polar surface area (TPSA) is 89.3 Å². The number of carboxylic acids is 1. The average molecular weight is 198 g/mol. The van der Waals surface area contributed by atoms with Gasteiger partial charge in [0, 0.05) is 12.0 Å². The minimum absolute atomic E-state index is 0.0473. The van der Waals surface area contributed by atoms with Gasteiger partial charge in [-0.1, -0.05) is 19.0 Å². The Bertz CT molecular complexity index is 331. The van der Waals surface area contributed by atoms with Crippen molar-refractivity contribution in [2.24, 2.45) is 0 Å². The molecule has 1 aromatic heterocycles. The molecule has 0 bridgehead atoms. The molecular weight excluding hydrogens is 184 g/mol. The lowest BCUT2D eigenvalue weighted by atomic mass is 10.0. The summed E-state index contributed by atoms with van der Waals surface area (Å²) in [5.74, 6) is -0.355. The number of anilines is 1. The van der Waals surface area contributed by atoms with Gasteiger partial charge in [-0.05, 0) is 5.92 Å². The monoisotopic (exact) mass is 198 g/mol. The van der Waals surface area contributed by atoms with E-state index < -0.39 is 5.97 Å². The minimum Gasteiger partial charge on any atom is -0.481 e. The van der Waals surface area contributed by atoms with Crippen LogP contribution in [0.3, 0.4) is 0 Å². The third-order valence-electron chi connectivity index (χ3n) is 1.98. The maximum absolute atomic E-state index is 10.4. The van der Waals surface area contributed by atoms with Crippen LogP contribution in [0.5, 0.6) is 0 Å². The fourth-order valence-corrected chi connectivity index (χ4v) is 1.37. The minimum atomic E-state index is -0.846. The second-order valence-electron chi connectivity index (χ2n) is 3.46. The van der Waals surface area contributed by atoms with Gasteiger partial charge in [-0.3, -0.25) is 4.79 Å². The number of rotatable bonds is 4. The Labute approximate surface area is 81.9 Å². The second kappa shape index (κ2) is 4.13. The normalized spacial score (nSPS) is 10.8. The van der Waals surface area contributed by atoms with Crippen LogP contribution in [0.25, 0.3) is 0 Å². The highest BCUT2D eigenvalue weighted by Gasteiger charge is 2.17. The lowest BCUT2D eigenvalue weighted by Crippen LogP contribution is -2.02. The molecule has 0 saturated heterocycles.